The molecule has 0 amide bonds. The van der Waals surface area contributed by atoms with Crippen molar-refractivity contribution in [3.05, 3.63) is 65.7 Å². The van der Waals surface area contributed by atoms with Gasteiger partial charge in [0.05, 0.1) is 4.90 Å². The van der Waals surface area contributed by atoms with Crippen molar-refractivity contribution in [1.82, 2.24) is 9.21 Å². The Bertz CT molecular complexity index is 794. The van der Waals surface area contributed by atoms with Crippen LogP contribution < -0.4 is 0 Å². The fourth-order valence-corrected chi connectivity index (χ4v) is 4.72. The summed E-state index contributed by atoms with van der Waals surface area (Å²) in [6.07, 6.45) is 1.00. The maximum Gasteiger partial charge on any atom is 0.243 e. The molecule has 1 heterocycles. The Kier molecular flexibility index (Phi) is 6.12. The van der Waals surface area contributed by atoms with Crippen LogP contribution in [0.4, 0.5) is 0 Å². The lowest BCUT2D eigenvalue weighted by Gasteiger charge is -2.34. The van der Waals surface area contributed by atoms with Gasteiger partial charge in [-0.25, -0.2) is 8.42 Å². The number of piperazine rings is 1. The van der Waals surface area contributed by atoms with Crippen molar-refractivity contribution in [3.8, 4) is 0 Å². The Morgan fingerprint density at radius 1 is 0.885 bits per heavy atom. The smallest absolute Gasteiger partial charge is 0.243 e. The Morgan fingerprint density at radius 2 is 1.50 bits per heavy atom. The predicted octanol–water partition coefficient (Wildman–Crippen LogP) is 3.36. The number of nitrogens with zero attached hydrogens (tertiary/aromatic N) is 2. The minimum Gasteiger partial charge on any atom is -0.300 e. The molecule has 2 aromatic rings. The molecule has 1 aliphatic rings. The van der Waals surface area contributed by atoms with Crippen LogP contribution in [0.2, 0.25) is 0 Å². The van der Waals surface area contributed by atoms with Gasteiger partial charge in [-0.2, -0.15) is 4.31 Å². The van der Waals surface area contributed by atoms with Crippen molar-refractivity contribution in [2.75, 3.05) is 32.7 Å². The second-order valence-electron chi connectivity index (χ2n) is 7.21. The molecule has 1 saturated heterocycles. The molecule has 0 aromatic heterocycles. The number of rotatable bonds is 6. The lowest BCUT2D eigenvalue weighted by Crippen LogP contribution is -2.48. The van der Waals surface area contributed by atoms with E-state index < -0.39 is 10.0 Å². The number of hydrogen-bond acceptors (Lipinski definition) is 3. The molecule has 2 aromatic carbocycles. The van der Waals surface area contributed by atoms with Gasteiger partial charge in [-0.05, 0) is 35.6 Å². The summed E-state index contributed by atoms with van der Waals surface area (Å²) in [6, 6.07) is 17.8. The van der Waals surface area contributed by atoms with Gasteiger partial charge in [-0.3, -0.25) is 0 Å². The van der Waals surface area contributed by atoms with Crippen LogP contribution in [0.1, 0.15) is 30.9 Å². The average molecular weight is 373 g/mol. The molecule has 5 heteroatoms. The van der Waals surface area contributed by atoms with Crippen LogP contribution in [0.3, 0.4) is 0 Å². The summed E-state index contributed by atoms with van der Waals surface area (Å²) in [5, 5.41) is 0. The van der Waals surface area contributed by atoms with E-state index in [9.17, 15) is 8.42 Å². The van der Waals surface area contributed by atoms with Crippen LogP contribution in [0, 0.1) is 0 Å². The topological polar surface area (TPSA) is 40.6 Å². The molecular formula is C21H28N2O2S. The molecule has 0 radical (unpaired) electrons. The molecule has 140 valence electrons. The van der Waals surface area contributed by atoms with Crippen molar-refractivity contribution in [2.24, 2.45) is 0 Å². The van der Waals surface area contributed by atoms with Gasteiger partial charge in [0.15, 0.2) is 0 Å². The molecular weight excluding hydrogens is 344 g/mol. The Balaban J connectivity index is 1.56. The van der Waals surface area contributed by atoms with Gasteiger partial charge < -0.3 is 4.90 Å². The van der Waals surface area contributed by atoms with Crippen molar-refractivity contribution in [1.29, 1.82) is 0 Å². The van der Waals surface area contributed by atoms with Crippen molar-refractivity contribution in [2.45, 2.75) is 31.1 Å². The van der Waals surface area contributed by atoms with Crippen LogP contribution in [0.15, 0.2) is 59.5 Å². The second kappa shape index (κ2) is 8.33. The van der Waals surface area contributed by atoms with Gasteiger partial charge in [0.25, 0.3) is 0 Å². The number of hydrogen-bond donors (Lipinski definition) is 0. The van der Waals surface area contributed by atoms with E-state index in [4.69, 9.17) is 0 Å². The van der Waals surface area contributed by atoms with Crippen LogP contribution in [-0.2, 0) is 16.4 Å². The first-order valence-corrected chi connectivity index (χ1v) is 10.8. The zero-order chi connectivity index (χ0) is 18.6. The molecule has 3 rings (SSSR count). The molecule has 4 nitrogen and oxygen atoms in total. The number of benzene rings is 2. The van der Waals surface area contributed by atoms with Gasteiger partial charge in [0.1, 0.15) is 0 Å². The SMILES string of the molecule is CC(C)c1ccc(S(=O)(=O)N2CCN(CCc3ccccc3)CC2)cc1. The van der Waals surface area contributed by atoms with Gasteiger partial charge in [0.2, 0.25) is 10.0 Å². The molecule has 1 aliphatic heterocycles. The molecule has 0 spiro atoms. The van der Waals surface area contributed by atoms with E-state index in [-0.39, 0.29) is 0 Å². The maximum absolute atomic E-state index is 12.9. The summed E-state index contributed by atoms with van der Waals surface area (Å²) < 4.78 is 27.3. The van der Waals surface area contributed by atoms with Gasteiger partial charge >= 0.3 is 0 Å². The standard InChI is InChI=1S/C21H28N2O2S/c1-18(2)20-8-10-21(11-9-20)26(24,25)23-16-14-22(15-17-23)13-12-19-6-4-3-5-7-19/h3-11,18H,12-17H2,1-2H3. The number of sulfonamides is 1. The van der Waals surface area contributed by atoms with Crippen LogP contribution in [-0.4, -0.2) is 50.3 Å². The molecule has 26 heavy (non-hydrogen) atoms. The third-order valence-electron chi connectivity index (χ3n) is 5.08. The molecule has 0 unspecified atom stereocenters. The zero-order valence-electron chi connectivity index (χ0n) is 15.6. The predicted molar refractivity (Wildman–Crippen MR) is 106 cm³/mol. The highest BCUT2D eigenvalue weighted by molar-refractivity contribution is 7.89. The summed E-state index contributed by atoms with van der Waals surface area (Å²) in [4.78, 5) is 2.75. The lowest BCUT2D eigenvalue weighted by atomic mass is 10.0. The molecule has 0 N–H and O–H groups in total. The third-order valence-corrected chi connectivity index (χ3v) is 6.99. The Hall–Kier alpha value is -1.69. The van der Waals surface area contributed by atoms with Crippen molar-refractivity contribution >= 4 is 10.0 Å². The summed E-state index contributed by atoms with van der Waals surface area (Å²) >= 11 is 0. The van der Waals surface area contributed by atoms with E-state index in [2.05, 4.69) is 43.0 Å². The molecule has 1 fully saturated rings. The van der Waals surface area contributed by atoms with Crippen LogP contribution in [0.5, 0.6) is 0 Å². The van der Waals surface area contributed by atoms with Gasteiger partial charge in [0, 0.05) is 32.7 Å². The largest absolute Gasteiger partial charge is 0.300 e. The summed E-state index contributed by atoms with van der Waals surface area (Å²) in [5.41, 5.74) is 2.49. The highest BCUT2D eigenvalue weighted by Crippen LogP contribution is 2.21. The average Bonchev–Trinajstić information content (AvgIpc) is 2.67. The van der Waals surface area contributed by atoms with E-state index >= 15 is 0 Å². The Morgan fingerprint density at radius 3 is 2.08 bits per heavy atom. The van der Waals surface area contributed by atoms with Crippen LogP contribution in [0.25, 0.3) is 0 Å². The first kappa shape index (κ1) is 19.1. The summed E-state index contributed by atoms with van der Waals surface area (Å²) in [5.74, 6) is 0.403. The third kappa shape index (κ3) is 4.53. The van der Waals surface area contributed by atoms with Gasteiger partial charge in [-0.1, -0.05) is 56.3 Å². The highest BCUT2D eigenvalue weighted by atomic mass is 32.2. The fourth-order valence-electron chi connectivity index (χ4n) is 3.30. The minimum absolute atomic E-state index is 0.402. The van der Waals surface area contributed by atoms with E-state index in [0.717, 1.165) is 31.6 Å². The fraction of sp³-hybridized carbons (Fsp3) is 0.429. The minimum atomic E-state index is -3.39. The maximum atomic E-state index is 12.9. The summed E-state index contributed by atoms with van der Waals surface area (Å²) in [7, 11) is -3.39. The molecule has 0 aliphatic carbocycles. The van der Waals surface area contributed by atoms with E-state index in [1.165, 1.54) is 5.56 Å². The molecule has 0 saturated carbocycles. The van der Waals surface area contributed by atoms with E-state index in [1.807, 2.05) is 18.2 Å². The first-order valence-electron chi connectivity index (χ1n) is 9.33. The van der Waals surface area contributed by atoms with Crippen molar-refractivity contribution in [3.63, 3.8) is 0 Å². The normalized spacial score (nSPS) is 16.9. The lowest BCUT2D eigenvalue weighted by molar-refractivity contribution is 0.190. The van der Waals surface area contributed by atoms with E-state index in [0.29, 0.717) is 23.9 Å². The highest BCUT2D eigenvalue weighted by Gasteiger charge is 2.28. The molecule has 0 bridgehead atoms. The quantitative estimate of drug-likeness (QED) is 0.781. The van der Waals surface area contributed by atoms with E-state index in [1.54, 1.807) is 16.4 Å². The molecule has 0 atom stereocenters. The summed E-state index contributed by atoms with van der Waals surface area (Å²) in [6.45, 7) is 7.88. The van der Waals surface area contributed by atoms with Gasteiger partial charge in [-0.15, -0.1) is 0 Å². The monoisotopic (exact) mass is 372 g/mol. The zero-order valence-corrected chi connectivity index (χ0v) is 16.5. The Labute approximate surface area is 157 Å². The first-order chi connectivity index (χ1) is 12.5. The van der Waals surface area contributed by atoms with Crippen LogP contribution >= 0.6 is 0 Å². The van der Waals surface area contributed by atoms with Crippen molar-refractivity contribution < 1.29 is 8.42 Å². The second-order valence-corrected chi connectivity index (χ2v) is 9.14.